The molecule has 2 aliphatic heterocycles. The second-order valence-electron chi connectivity index (χ2n) is 26.8. The Morgan fingerprint density at radius 2 is 0.951 bits per heavy atom. The van der Waals surface area contributed by atoms with Crippen LogP contribution in [0, 0.1) is 92.7 Å². The Kier molecular flexibility index (Phi) is 11.6. The molecule has 2 spiro atoms. The van der Waals surface area contributed by atoms with Crippen molar-refractivity contribution in [3.8, 4) is 0 Å². The van der Waals surface area contributed by atoms with Crippen LogP contribution in [-0.4, -0.2) is 36.6 Å². The third-order valence-corrected chi connectivity index (χ3v) is 23.2. The van der Waals surface area contributed by atoms with Gasteiger partial charge in [0.05, 0.1) is 25.4 Å². The molecular formula is C58H94O3. The molecule has 6 saturated carbocycles. The van der Waals surface area contributed by atoms with Crippen LogP contribution in [-0.2, 0) is 14.2 Å². The largest absolute Gasteiger partial charge is 0.372 e. The molecule has 2 heterocycles. The molecule has 2 saturated heterocycles. The maximum Gasteiger partial charge on any atom is 0.100 e. The van der Waals surface area contributed by atoms with Crippen molar-refractivity contribution in [3.05, 3.63) is 23.3 Å². The lowest BCUT2D eigenvalue weighted by molar-refractivity contribution is -0.300. The van der Waals surface area contributed by atoms with Crippen LogP contribution in [0.2, 0.25) is 0 Å². The Labute approximate surface area is 375 Å². The summed E-state index contributed by atoms with van der Waals surface area (Å²) in [4.78, 5) is 0. The van der Waals surface area contributed by atoms with E-state index in [4.69, 9.17) is 14.2 Å². The zero-order valence-corrected chi connectivity index (χ0v) is 41.4. The van der Waals surface area contributed by atoms with Crippen LogP contribution in [0.4, 0.5) is 0 Å². The standard InChI is InChI=1S/C58H94O3/c1-37(2)13-11-15-39(5)45-21-23-47-43-19-17-41-33-57(29-31-59-57)51(35-55(41,9)49(43)25-27-53(45,47)7)61-52-36-56(10)42(34-58(52)30-32-60-58)18-20-44-48-24-22-46(40(6)16-12-14-38(3)4)54(48,8)28-26-50(44)56/h17-18,37-40,43-52H,11-16,19-36H2,1-10H3/t39-,40-,43?,44?,45-,46-,47?,48?,49?,50?,51?,52?,53-,54-,55+,56+,57?,58?/m1/s1. The molecule has 10 aliphatic rings. The number of ether oxygens (including phenoxy) is 3. The number of hydrogen-bond acceptors (Lipinski definition) is 3. The summed E-state index contributed by atoms with van der Waals surface area (Å²) in [7, 11) is 0. The summed E-state index contributed by atoms with van der Waals surface area (Å²) in [5.74, 6) is 10.3. The van der Waals surface area contributed by atoms with Crippen molar-refractivity contribution < 1.29 is 14.2 Å². The predicted octanol–water partition coefficient (Wildman–Crippen LogP) is 15.4. The highest BCUT2D eigenvalue weighted by atomic mass is 16.6. The molecule has 0 aromatic heterocycles. The van der Waals surface area contributed by atoms with Crippen LogP contribution >= 0.6 is 0 Å². The summed E-state index contributed by atoms with van der Waals surface area (Å²) < 4.78 is 21.7. The Morgan fingerprint density at radius 3 is 1.31 bits per heavy atom. The lowest BCUT2D eigenvalue weighted by atomic mass is 9.45. The van der Waals surface area contributed by atoms with Gasteiger partial charge in [-0.1, -0.05) is 131 Å². The number of allylic oxidation sites excluding steroid dienone is 2. The molecule has 8 fully saturated rings. The van der Waals surface area contributed by atoms with Crippen molar-refractivity contribution in [3.63, 3.8) is 0 Å². The molecule has 0 aromatic carbocycles. The molecule has 8 aliphatic carbocycles. The van der Waals surface area contributed by atoms with Crippen LogP contribution in [0.1, 0.15) is 210 Å². The van der Waals surface area contributed by atoms with E-state index >= 15 is 0 Å². The van der Waals surface area contributed by atoms with Crippen LogP contribution in [0.5, 0.6) is 0 Å². The van der Waals surface area contributed by atoms with Crippen molar-refractivity contribution >= 4 is 0 Å². The third-order valence-electron chi connectivity index (χ3n) is 23.2. The highest BCUT2D eigenvalue weighted by molar-refractivity contribution is 5.32. The molecule has 0 radical (unpaired) electrons. The minimum absolute atomic E-state index is 0.125. The van der Waals surface area contributed by atoms with Crippen molar-refractivity contribution in [2.24, 2.45) is 92.7 Å². The first-order chi connectivity index (χ1) is 29.1. The number of hydrogen-bond donors (Lipinski definition) is 0. The topological polar surface area (TPSA) is 27.7 Å². The second kappa shape index (κ2) is 16.0. The SMILES string of the molecule is CC(C)CCC[C@@H](C)[C@H]1CCC2C3CC=C4CC5(CCO5)C(OC5C[C@@]6(C)C(=CCC7C6CC[C@@]6(C)C7CC[C@@H]6[C@H](C)CCCC(C)C)CC56CCO6)C[C@]4(C)C3CC[C@@]21C. The van der Waals surface area contributed by atoms with Gasteiger partial charge in [0.25, 0.3) is 0 Å². The Hall–Kier alpha value is -0.640. The molecule has 3 heteroatoms. The first kappa shape index (κ1) is 44.2. The van der Waals surface area contributed by atoms with E-state index < -0.39 is 0 Å². The summed E-state index contributed by atoms with van der Waals surface area (Å²) in [6.07, 6.45) is 35.6. The maximum absolute atomic E-state index is 7.95. The summed E-state index contributed by atoms with van der Waals surface area (Å²) in [6, 6.07) is 0. The highest BCUT2D eigenvalue weighted by Crippen LogP contribution is 2.71. The van der Waals surface area contributed by atoms with Crippen LogP contribution in [0.25, 0.3) is 0 Å². The monoisotopic (exact) mass is 839 g/mol. The van der Waals surface area contributed by atoms with E-state index in [1.54, 1.807) is 11.1 Å². The lowest BCUT2D eigenvalue weighted by Gasteiger charge is -2.65. The predicted molar refractivity (Wildman–Crippen MR) is 252 cm³/mol. The molecule has 10 unspecified atom stereocenters. The minimum atomic E-state index is -0.125. The van der Waals surface area contributed by atoms with Gasteiger partial charge in [-0.25, -0.2) is 0 Å². The van der Waals surface area contributed by atoms with Gasteiger partial charge in [-0.15, -0.1) is 0 Å². The normalized spacial score (nSPS) is 50.7. The molecule has 10 rings (SSSR count). The molecular weight excluding hydrogens is 745 g/mol. The maximum atomic E-state index is 7.95. The minimum Gasteiger partial charge on any atom is -0.372 e. The average Bonchev–Trinajstić information content (AvgIpc) is 3.72. The molecule has 344 valence electrons. The zero-order valence-electron chi connectivity index (χ0n) is 41.4. The smallest absolute Gasteiger partial charge is 0.100 e. The van der Waals surface area contributed by atoms with Crippen molar-refractivity contribution in [1.29, 1.82) is 0 Å². The van der Waals surface area contributed by atoms with Crippen molar-refractivity contribution in [2.45, 2.75) is 234 Å². The number of fused-ring (bicyclic) bond motifs is 10. The fourth-order valence-corrected chi connectivity index (χ4v) is 19.5. The quantitative estimate of drug-likeness (QED) is 0.183. The van der Waals surface area contributed by atoms with Crippen LogP contribution in [0.15, 0.2) is 23.3 Å². The van der Waals surface area contributed by atoms with E-state index in [1.165, 1.54) is 116 Å². The van der Waals surface area contributed by atoms with Gasteiger partial charge >= 0.3 is 0 Å². The summed E-state index contributed by atoms with van der Waals surface area (Å²) >= 11 is 0. The van der Waals surface area contributed by atoms with Crippen molar-refractivity contribution in [2.75, 3.05) is 13.2 Å². The van der Waals surface area contributed by atoms with Gasteiger partial charge in [-0.3, -0.25) is 0 Å². The Balaban J connectivity index is 0.870. The first-order valence-corrected chi connectivity index (χ1v) is 27.4. The average molecular weight is 839 g/mol. The molecule has 61 heavy (non-hydrogen) atoms. The summed E-state index contributed by atoms with van der Waals surface area (Å²) in [6.45, 7) is 27.7. The number of rotatable bonds is 12. The molecule has 3 nitrogen and oxygen atoms in total. The van der Waals surface area contributed by atoms with E-state index in [0.717, 1.165) is 110 Å². The van der Waals surface area contributed by atoms with Gasteiger partial charge in [-0.2, -0.15) is 0 Å². The van der Waals surface area contributed by atoms with E-state index in [9.17, 15) is 0 Å². The summed E-state index contributed by atoms with van der Waals surface area (Å²) in [5.41, 5.74) is 4.78. The van der Waals surface area contributed by atoms with Gasteiger partial charge < -0.3 is 14.2 Å². The fraction of sp³-hybridized carbons (Fsp3) is 0.931. The molecule has 0 aromatic rings. The third kappa shape index (κ3) is 6.97. The van der Waals surface area contributed by atoms with Crippen molar-refractivity contribution in [1.82, 2.24) is 0 Å². The highest BCUT2D eigenvalue weighted by Gasteiger charge is 2.67. The fourth-order valence-electron chi connectivity index (χ4n) is 19.5. The van der Waals surface area contributed by atoms with E-state index in [-0.39, 0.29) is 34.2 Å². The van der Waals surface area contributed by atoms with Gasteiger partial charge in [-0.05, 0) is 170 Å². The van der Waals surface area contributed by atoms with Gasteiger partial charge in [0.15, 0.2) is 0 Å². The van der Waals surface area contributed by atoms with E-state index in [2.05, 4.69) is 81.4 Å². The zero-order chi connectivity index (χ0) is 42.7. The van der Waals surface area contributed by atoms with Gasteiger partial charge in [0.1, 0.15) is 11.2 Å². The van der Waals surface area contributed by atoms with E-state index in [0.29, 0.717) is 10.8 Å². The molecule has 0 N–H and O–H groups in total. The second-order valence-corrected chi connectivity index (χ2v) is 26.8. The van der Waals surface area contributed by atoms with E-state index in [1.807, 2.05) is 0 Å². The molecule has 0 amide bonds. The van der Waals surface area contributed by atoms with Gasteiger partial charge in [0, 0.05) is 25.7 Å². The van der Waals surface area contributed by atoms with Crippen LogP contribution in [0.3, 0.4) is 0 Å². The molecule has 0 bridgehead atoms. The van der Waals surface area contributed by atoms with Gasteiger partial charge in [0.2, 0.25) is 0 Å². The first-order valence-electron chi connectivity index (χ1n) is 27.4. The lowest BCUT2D eigenvalue weighted by Crippen LogP contribution is -2.67. The Bertz CT molecular complexity index is 1540. The Morgan fingerprint density at radius 1 is 0.541 bits per heavy atom. The molecule has 18 atom stereocenters. The summed E-state index contributed by atoms with van der Waals surface area (Å²) in [5, 5.41) is 0. The van der Waals surface area contributed by atoms with Crippen LogP contribution < -0.4 is 0 Å².